The lowest BCUT2D eigenvalue weighted by atomic mass is 10.2. The zero-order valence-corrected chi connectivity index (χ0v) is 31.6. The van der Waals surface area contributed by atoms with E-state index in [-0.39, 0.29) is 21.7 Å². The number of aliphatic carboxylic acids is 2. The molecule has 0 radical (unpaired) electrons. The van der Waals surface area contributed by atoms with Crippen LogP contribution in [0.2, 0.25) is 0 Å². The first kappa shape index (κ1) is 40.3. The van der Waals surface area contributed by atoms with Crippen molar-refractivity contribution in [2.45, 2.75) is 45.3 Å². The van der Waals surface area contributed by atoms with Crippen LogP contribution in [0.1, 0.15) is 13.8 Å². The van der Waals surface area contributed by atoms with Crippen LogP contribution < -0.4 is 0 Å². The Morgan fingerprint density at radius 3 is 1.38 bits per heavy atom. The zero-order chi connectivity index (χ0) is 34.8. The van der Waals surface area contributed by atoms with Crippen molar-refractivity contribution in [3.8, 4) is 0 Å². The molecule has 4 unspecified atom stereocenters. The fourth-order valence-corrected chi connectivity index (χ4v) is 12.3. The van der Waals surface area contributed by atoms with E-state index in [1.165, 1.54) is 0 Å². The molecule has 0 aliphatic carbocycles. The predicted molar refractivity (Wildman–Crippen MR) is 204 cm³/mol. The molecule has 2 aromatic rings. The van der Waals surface area contributed by atoms with Gasteiger partial charge in [-0.15, -0.1) is 23.5 Å². The van der Waals surface area contributed by atoms with Gasteiger partial charge < -0.3 is 19.7 Å². The summed E-state index contributed by atoms with van der Waals surface area (Å²) >= 11 is 10.6. The molecule has 14 heteroatoms. The van der Waals surface area contributed by atoms with Gasteiger partial charge in [0.2, 0.25) is 0 Å². The van der Waals surface area contributed by atoms with Gasteiger partial charge in [-0.3, -0.25) is 0 Å². The molecule has 1 aliphatic rings. The molecule has 260 valence electrons. The van der Waals surface area contributed by atoms with Crippen LogP contribution in [-0.4, -0.2) is 102 Å². The average molecular weight is 769 g/mol. The van der Waals surface area contributed by atoms with Crippen molar-refractivity contribution in [3.05, 3.63) is 85.0 Å². The molecule has 0 spiro atoms. The lowest BCUT2D eigenvalue weighted by Crippen LogP contribution is -2.42. The molecule has 0 amide bonds. The topological polar surface area (TPSA) is 127 Å². The van der Waals surface area contributed by atoms with Crippen molar-refractivity contribution >= 4 is 94.4 Å². The summed E-state index contributed by atoms with van der Waals surface area (Å²) < 4.78 is 11.3. The molecule has 2 N–H and O–H groups in total. The van der Waals surface area contributed by atoms with E-state index in [9.17, 15) is 19.2 Å². The van der Waals surface area contributed by atoms with Crippen LogP contribution in [0, 0.1) is 0 Å². The van der Waals surface area contributed by atoms with Crippen molar-refractivity contribution < 1.29 is 38.9 Å². The monoisotopic (exact) mass is 768 g/mol. The summed E-state index contributed by atoms with van der Waals surface area (Å²) in [5, 5.41) is 17.7. The molecule has 8 nitrogen and oxygen atoms in total. The Kier molecular flexibility index (Phi) is 17.8. The van der Waals surface area contributed by atoms with Gasteiger partial charge in [0.25, 0.3) is 0 Å². The minimum Gasteiger partial charge on any atom is -0.478 e. The number of ether oxygens (including phenoxy) is 2. The van der Waals surface area contributed by atoms with E-state index < -0.39 is 23.9 Å². The van der Waals surface area contributed by atoms with Crippen molar-refractivity contribution in [2.24, 2.45) is 0 Å². The van der Waals surface area contributed by atoms with Gasteiger partial charge in [-0.05, 0) is 38.1 Å². The van der Waals surface area contributed by atoms with E-state index in [1.54, 1.807) is 47.0 Å². The first-order valence-electron chi connectivity index (χ1n) is 15.0. The van der Waals surface area contributed by atoms with Crippen molar-refractivity contribution in [3.63, 3.8) is 0 Å². The Morgan fingerprint density at radius 1 is 0.667 bits per heavy atom. The number of rotatable bonds is 20. The zero-order valence-electron chi connectivity index (χ0n) is 26.7. The maximum Gasteiger partial charge on any atom is 0.331 e. The Labute approximate surface area is 307 Å². The Hall–Kier alpha value is -2.10. The van der Waals surface area contributed by atoms with E-state index in [4.69, 9.17) is 19.7 Å². The first-order valence-corrected chi connectivity index (χ1v) is 21.2. The maximum absolute atomic E-state index is 12.3. The van der Waals surface area contributed by atoms with Crippen molar-refractivity contribution in [1.82, 2.24) is 0 Å². The number of carboxylic acids is 2. The summed E-state index contributed by atoms with van der Waals surface area (Å²) in [4.78, 5) is 48.3. The van der Waals surface area contributed by atoms with Crippen LogP contribution in [0.3, 0.4) is 0 Å². The van der Waals surface area contributed by atoms with Gasteiger partial charge in [0, 0.05) is 89.6 Å². The molecule has 1 aliphatic heterocycles. The number of carboxylic acid groups (broad SMARTS) is 2. The minimum atomic E-state index is -1.20. The fraction of sp³-hybridized carbons (Fsp3) is 0.412. The van der Waals surface area contributed by atoms with Crippen LogP contribution in [0.25, 0.3) is 0 Å². The second-order valence-corrected chi connectivity index (χ2v) is 18.6. The molecular formula is C34H40O8S6. The second-order valence-electron chi connectivity index (χ2n) is 11.2. The number of hydrogen-bond donors (Lipinski definition) is 2. The molecule has 48 heavy (non-hydrogen) atoms. The summed E-state index contributed by atoms with van der Waals surface area (Å²) in [7, 11) is 0. The van der Waals surface area contributed by atoms with E-state index in [1.807, 2.05) is 84.2 Å². The lowest BCUT2D eigenvalue weighted by molar-refractivity contribution is -0.142. The van der Waals surface area contributed by atoms with E-state index in [2.05, 4.69) is 13.8 Å². The fourth-order valence-electron chi connectivity index (χ4n) is 4.05. The van der Waals surface area contributed by atoms with Crippen LogP contribution in [0.4, 0.5) is 0 Å². The molecule has 0 bridgehead atoms. The van der Waals surface area contributed by atoms with Crippen LogP contribution >= 0.6 is 70.6 Å². The highest BCUT2D eigenvalue weighted by Gasteiger charge is 2.39. The van der Waals surface area contributed by atoms with Gasteiger partial charge in [-0.2, -0.15) is 47.0 Å². The number of carbonyl (C=O) groups excluding carboxylic acids is 2. The molecule has 1 heterocycles. The Morgan fingerprint density at radius 2 is 1.04 bits per heavy atom. The highest BCUT2D eigenvalue weighted by molar-refractivity contribution is 8.10. The Balaban J connectivity index is 1.48. The molecule has 1 fully saturated rings. The molecule has 0 aromatic heterocycles. The quantitative estimate of drug-likeness (QED) is 0.0805. The molecule has 3 rings (SSSR count). The first-order chi connectivity index (χ1) is 22.9. The third-order valence-electron chi connectivity index (χ3n) is 6.52. The van der Waals surface area contributed by atoms with Crippen LogP contribution in [0.15, 0.2) is 94.8 Å². The average Bonchev–Trinajstić information content (AvgIpc) is 3.06. The summed E-state index contributed by atoms with van der Waals surface area (Å²) in [6.07, 6.45) is 2.73. The van der Waals surface area contributed by atoms with Crippen LogP contribution in [0.5, 0.6) is 0 Å². The van der Waals surface area contributed by atoms with Gasteiger partial charge in [0.15, 0.2) is 0 Å². The SMILES string of the molecule is CC1(CSCC(CSc2ccccc2)OC(=O)/C=C/C(=O)O)CSC(C)(CSCC(CSc2ccccc2)OC(=O)/C=C/C(=O)O)CS1. The maximum atomic E-state index is 12.3. The minimum absolute atomic E-state index is 0.0325. The van der Waals surface area contributed by atoms with Crippen molar-refractivity contribution in [1.29, 1.82) is 0 Å². The van der Waals surface area contributed by atoms with Crippen molar-refractivity contribution in [2.75, 3.05) is 46.0 Å². The Bertz CT molecular complexity index is 1280. The number of hydrogen-bond acceptors (Lipinski definition) is 12. The van der Waals surface area contributed by atoms with E-state index >= 15 is 0 Å². The van der Waals surface area contributed by atoms with Gasteiger partial charge in [0.05, 0.1) is 0 Å². The number of benzene rings is 2. The second kappa shape index (κ2) is 21.2. The number of carbonyl (C=O) groups is 4. The standard InChI is InChI=1S/C34H40O8S6/c1-33(21-43-17-25(41-31(39)15-13-29(35)36)19-45-27-9-5-3-6-10-27)23-48-34(2,24-47-33)22-44-18-26(42-32(40)16-14-30(37)38)20-46-28-11-7-4-8-12-28/h3-16,25-26H,17-24H2,1-2H3,(H,35,36)(H,37,38)/b15-13+,16-14+. The molecule has 1 saturated heterocycles. The largest absolute Gasteiger partial charge is 0.478 e. The normalized spacial score (nSPS) is 20.7. The molecular weight excluding hydrogens is 729 g/mol. The summed E-state index contributed by atoms with van der Waals surface area (Å²) in [5.74, 6) is 2.27. The third kappa shape index (κ3) is 16.5. The molecule has 2 aromatic carbocycles. The summed E-state index contributed by atoms with van der Waals surface area (Å²) in [6, 6.07) is 19.7. The van der Waals surface area contributed by atoms with E-state index in [0.717, 1.165) is 57.1 Å². The van der Waals surface area contributed by atoms with Gasteiger partial charge in [-0.25, -0.2) is 19.2 Å². The number of esters is 2. The van der Waals surface area contributed by atoms with Gasteiger partial charge >= 0.3 is 23.9 Å². The summed E-state index contributed by atoms with van der Waals surface area (Å²) in [5.41, 5.74) is 0. The van der Waals surface area contributed by atoms with E-state index in [0.29, 0.717) is 23.0 Å². The lowest BCUT2D eigenvalue weighted by Gasteiger charge is -2.42. The van der Waals surface area contributed by atoms with Gasteiger partial charge in [-0.1, -0.05) is 36.4 Å². The molecule has 4 atom stereocenters. The molecule has 0 saturated carbocycles. The van der Waals surface area contributed by atoms with Crippen LogP contribution in [-0.2, 0) is 28.7 Å². The van der Waals surface area contributed by atoms with Gasteiger partial charge in [0.1, 0.15) is 12.2 Å². The predicted octanol–water partition coefficient (Wildman–Crippen LogP) is 7.14. The number of thioether (sulfide) groups is 6. The highest BCUT2D eigenvalue weighted by atomic mass is 32.2. The summed E-state index contributed by atoms with van der Waals surface area (Å²) in [6.45, 7) is 4.53. The smallest absolute Gasteiger partial charge is 0.331 e. The highest BCUT2D eigenvalue weighted by Crippen LogP contribution is 2.47. The third-order valence-corrected chi connectivity index (χ3v) is 16.0.